The molecule has 1 amide bonds. The van der Waals surface area contributed by atoms with Gasteiger partial charge in [-0.3, -0.25) is 4.79 Å². The number of carbonyl (C=O) groups is 1. The molecule has 0 saturated heterocycles. The number of hydrogen-bond donors (Lipinski definition) is 1. The third-order valence-electron chi connectivity index (χ3n) is 2.53. The summed E-state index contributed by atoms with van der Waals surface area (Å²) in [6, 6.07) is 13.0. The van der Waals surface area contributed by atoms with Crippen LogP contribution in [0, 0.1) is 5.82 Å². The van der Waals surface area contributed by atoms with Gasteiger partial charge in [0.15, 0.2) is 9.84 Å². The van der Waals surface area contributed by atoms with Gasteiger partial charge >= 0.3 is 0 Å². The van der Waals surface area contributed by atoms with E-state index >= 15 is 0 Å². The zero-order valence-electron chi connectivity index (χ0n) is 10.4. The van der Waals surface area contributed by atoms with E-state index in [-0.39, 0.29) is 10.6 Å². The van der Waals surface area contributed by atoms with Gasteiger partial charge in [0.1, 0.15) is 11.6 Å². The predicted octanol–water partition coefficient (Wildman–Crippen LogP) is 2.24. The number of rotatable bonds is 4. The van der Waals surface area contributed by atoms with E-state index < -0.39 is 27.3 Å². The number of sulfone groups is 1. The molecule has 104 valence electrons. The molecule has 0 aliphatic rings. The summed E-state index contributed by atoms with van der Waals surface area (Å²) in [6.07, 6.45) is 0. The number of carbonyl (C=O) groups excluding carboxylic acids is 1. The van der Waals surface area contributed by atoms with Gasteiger partial charge < -0.3 is 5.32 Å². The van der Waals surface area contributed by atoms with E-state index in [9.17, 15) is 17.6 Å². The lowest BCUT2D eigenvalue weighted by Gasteiger charge is -2.06. The van der Waals surface area contributed by atoms with Gasteiger partial charge in [0, 0.05) is 5.69 Å². The number of hydrogen-bond acceptors (Lipinski definition) is 3. The number of benzene rings is 2. The Morgan fingerprint density at radius 2 is 1.75 bits per heavy atom. The van der Waals surface area contributed by atoms with Gasteiger partial charge in [-0.25, -0.2) is 12.8 Å². The van der Waals surface area contributed by atoms with Crippen LogP contribution >= 0.6 is 0 Å². The average molecular weight is 293 g/mol. The summed E-state index contributed by atoms with van der Waals surface area (Å²) in [5.74, 6) is -1.90. The van der Waals surface area contributed by atoms with Crippen molar-refractivity contribution in [1.82, 2.24) is 0 Å². The molecule has 0 bridgehead atoms. The molecule has 2 aromatic rings. The lowest BCUT2D eigenvalue weighted by molar-refractivity contribution is -0.113. The van der Waals surface area contributed by atoms with Crippen molar-refractivity contribution < 1.29 is 17.6 Å². The van der Waals surface area contributed by atoms with Gasteiger partial charge in [0.25, 0.3) is 0 Å². The minimum atomic E-state index is -3.70. The van der Waals surface area contributed by atoms with Crippen molar-refractivity contribution in [3.05, 3.63) is 60.4 Å². The minimum Gasteiger partial charge on any atom is -0.325 e. The van der Waals surface area contributed by atoms with Crippen LogP contribution in [0.2, 0.25) is 0 Å². The van der Waals surface area contributed by atoms with E-state index in [1.165, 1.54) is 30.3 Å². The standard InChI is InChI=1S/C14H12FNO3S/c15-11-5-4-6-12(9-11)16-14(17)10-20(18,19)13-7-2-1-3-8-13/h1-9H,10H2,(H,16,17). The molecular formula is C14H12FNO3S. The Morgan fingerprint density at radius 1 is 1.05 bits per heavy atom. The summed E-state index contributed by atoms with van der Waals surface area (Å²) in [7, 11) is -3.70. The monoisotopic (exact) mass is 293 g/mol. The fourth-order valence-electron chi connectivity index (χ4n) is 1.65. The molecule has 1 N–H and O–H groups in total. The molecule has 0 saturated carbocycles. The largest absolute Gasteiger partial charge is 0.325 e. The van der Waals surface area contributed by atoms with Crippen LogP contribution in [0.15, 0.2) is 59.5 Å². The van der Waals surface area contributed by atoms with Gasteiger partial charge in [-0.2, -0.15) is 0 Å². The molecule has 0 atom stereocenters. The van der Waals surface area contributed by atoms with Crippen molar-refractivity contribution in [2.75, 3.05) is 11.1 Å². The third-order valence-corrected chi connectivity index (χ3v) is 4.16. The van der Waals surface area contributed by atoms with E-state index in [0.717, 1.165) is 6.07 Å². The molecule has 0 heterocycles. The number of halogens is 1. The Bertz CT molecular complexity index is 714. The SMILES string of the molecule is O=C(CS(=O)(=O)c1ccccc1)Nc1cccc(F)c1. The average Bonchev–Trinajstić information content (AvgIpc) is 2.39. The van der Waals surface area contributed by atoms with Crippen LogP contribution < -0.4 is 5.32 Å². The Balaban J connectivity index is 2.09. The molecule has 0 unspecified atom stereocenters. The normalized spacial score (nSPS) is 11.1. The number of anilines is 1. The first kappa shape index (κ1) is 14.2. The van der Waals surface area contributed by atoms with Gasteiger partial charge in [0.05, 0.1) is 4.90 Å². The lowest BCUT2D eigenvalue weighted by Crippen LogP contribution is -2.23. The van der Waals surface area contributed by atoms with E-state index in [2.05, 4.69) is 5.32 Å². The van der Waals surface area contributed by atoms with Crippen LogP contribution in [0.4, 0.5) is 10.1 Å². The highest BCUT2D eigenvalue weighted by Crippen LogP contribution is 2.12. The zero-order valence-corrected chi connectivity index (χ0v) is 11.2. The van der Waals surface area contributed by atoms with E-state index in [0.29, 0.717) is 0 Å². The minimum absolute atomic E-state index is 0.0781. The summed E-state index contributed by atoms with van der Waals surface area (Å²) in [5.41, 5.74) is 0.221. The lowest BCUT2D eigenvalue weighted by atomic mass is 10.3. The first-order valence-electron chi connectivity index (χ1n) is 5.80. The quantitative estimate of drug-likeness (QED) is 0.940. The second-order valence-corrected chi connectivity index (χ2v) is 6.12. The van der Waals surface area contributed by atoms with Crippen molar-refractivity contribution in [1.29, 1.82) is 0 Å². The summed E-state index contributed by atoms with van der Waals surface area (Å²) >= 11 is 0. The summed E-state index contributed by atoms with van der Waals surface area (Å²) in [6.45, 7) is 0. The number of nitrogens with one attached hydrogen (secondary N) is 1. The van der Waals surface area contributed by atoms with Crippen molar-refractivity contribution in [3.63, 3.8) is 0 Å². The molecule has 20 heavy (non-hydrogen) atoms. The van der Waals surface area contributed by atoms with Gasteiger partial charge in [0.2, 0.25) is 5.91 Å². The van der Waals surface area contributed by atoms with E-state index in [4.69, 9.17) is 0 Å². The zero-order chi connectivity index (χ0) is 14.6. The Morgan fingerprint density at radius 3 is 2.40 bits per heavy atom. The molecule has 0 aromatic heterocycles. The van der Waals surface area contributed by atoms with Crippen LogP contribution in [-0.4, -0.2) is 20.1 Å². The highest BCUT2D eigenvalue weighted by Gasteiger charge is 2.19. The highest BCUT2D eigenvalue weighted by atomic mass is 32.2. The van der Waals surface area contributed by atoms with E-state index in [1.807, 2.05) is 0 Å². The molecule has 0 aliphatic heterocycles. The van der Waals surface area contributed by atoms with Crippen molar-refractivity contribution in [3.8, 4) is 0 Å². The first-order chi connectivity index (χ1) is 9.47. The third kappa shape index (κ3) is 3.64. The molecule has 2 rings (SSSR count). The van der Waals surface area contributed by atoms with Crippen molar-refractivity contribution in [2.24, 2.45) is 0 Å². The summed E-state index contributed by atoms with van der Waals surface area (Å²) in [5, 5.41) is 2.35. The fraction of sp³-hybridized carbons (Fsp3) is 0.0714. The van der Waals surface area contributed by atoms with E-state index in [1.54, 1.807) is 18.2 Å². The smallest absolute Gasteiger partial charge is 0.239 e. The van der Waals surface area contributed by atoms with Gasteiger partial charge in [-0.15, -0.1) is 0 Å². The summed E-state index contributed by atoms with van der Waals surface area (Å²) < 4.78 is 36.9. The van der Waals surface area contributed by atoms with Crippen LogP contribution in [0.1, 0.15) is 0 Å². The Kier molecular flexibility index (Phi) is 4.14. The highest BCUT2D eigenvalue weighted by molar-refractivity contribution is 7.92. The maximum absolute atomic E-state index is 13.0. The van der Waals surface area contributed by atoms with Crippen molar-refractivity contribution >= 4 is 21.4 Å². The Labute approximate surface area is 116 Å². The molecule has 0 aliphatic carbocycles. The maximum Gasteiger partial charge on any atom is 0.239 e. The summed E-state index contributed by atoms with van der Waals surface area (Å²) in [4.78, 5) is 11.8. The Hall–Kier alpha value is -2.21. The second kappa shape index (κ2) is 5.83. The molecule has 2 aromatic carbocycles. The van der Waals surface area contributed by atoms with Crippen LogP contribution in [0.5, 0.6) is 0 Å². The fourth-order valence-corrected chi connectivity index (χ4v) is 2.80. The molecule has 0 spiro atoms. The van der Waals surface area contributed by atoms with Crippen LogP contribution in [0.3, 0.4) is 0 Å². The molecular weight excluding hydrogens is 281 g/mol. The second-order valence-electron chi connectivity index (χ2n) is 4.13. The topological polar surface area (TPSA) is 63.2 Å². The van der Waals surface area contributed by atoms with Crippen LogP contribution in [0.25, 0.3) is 0 Å². The predicted molar refractivity (Wildman–Crippen MR) is 73.5 cm³/mol. The van der Waals surface area contributed by atoms with Crippen LogP contribution in [-0.2, 0) is 14.6 Å². The molecule has 0 fully saturated rings. The number of amides is 1. The van der Waals surface area contributed by atoms with Crippen molar-refractivity contribution in [2.45, 2.75) is 4.90 Å². The molecule has 4 nitrogen and oxygen atoms in total. The molecule has 0 radical (unpaired) electrons. The van der Waals surface area contributed by atoms with Gasteiger partial charge in [-0.1, -0.05) is 24.3 Å². The molecule has 6 heteroatoms. The first-order valence-corrected chi connectivity index (χ1v) is 7.46. The maximum atomic E-state index is 13.0. The van der Waals surface area contributed by atoms with Gasteiger partial charge in [-0.05, 0) is 30.3 Å².